The van der Waals surface area contributed by atoms with Gasteiger partial charge < -0.3 is 14.7 Å². The van der Waals surface area contributed by atoms with Crippen molar-refractivity contribution < 1.29 is 9.84 Å². The summed E-state index contributed by atoms with van der Waals surface area (Å²) in [6.45, 7) is 4.51. The zero-order chi connectivity index (χ0) is 15.0. The molecule has 1 aliphatic heterocycles. The number of aliphatic hydroxyl groups excluding tert-OH is 1. The zero-order valence-electron chi connectivity index (χ0n) is 14.0. The van der Waals surface area contributed by atoms with E-state index in [-0.39, 0.29) is 6.10 Å². The summed E-state index contributed by atoms with van der Waals surface area (Å²) in [5.41, 5.74) is 0.620. The van der Waals surface area contributed by atoms with Gasteiger partial charge in [-0.05, 0) is 94.0 Å². The van der Waals surface area contributed by atoms with Gasteiger partial charge in [-0.25, -0.2) is 0 Å². The molecule has 5 fully saturated rings. The van der Waals surface area contributed by atoms with E-state index >= 15 is 0 Å². The van der Waals surface area contributed by atoms with Gasteiger partial charge in [-0.2, -0.15) is 0 Å². The first-order valence-corrected chi connectivity index (χ1v) is 9.69. The minimum absolute atomic E-state index is 0.297. The van der Waals surface area contributed by atoms with Crippen molar-refractivity contribution in [2.24, 2.45) is 23.2 Å². The highest BCUT2D eigenvalue weighted by Gasteiger charge is 2.50. The van der Waals surface area contributed by atoms with Crippen molar-refractivity contribution in [3.63, 3.8) is 0 Å². The van der Waals surface area contributed by atoms with Gasteiger partial charge in [0.1, 0.15) is 0 Å². The van der Waals surface area contributed by atoms with Crippen LogP contribution in [0.3, 0.4) is 0 Å². The number of ether oxygens (including phenoxy) is 1. The van der Waals surface area contributed by atoms with Crippen LogP contribution in [0.5, 0.6) is 0 Å². The highest BCUT2D eigenvalue weighted by molar-refractivity contribution is 5.01. The third-order valence-corrected chi connectivity index (χ3v) is 6.92. The zero-order valence-corrected chi connectivity index (χ0v) is 14.0. The lowest BCUT2D eigenvalue weighted by Gasteiger charge is -2.57. The smallest absolute Gasteiger partial charge is 0.0900 e. The maximum Gasteiger partial charge on any atom is 0.0900 e. The fourth-order valence-corrected chi connectivity index (χ4v) is 6.42. The second-order valence-corrected chi connectivity index (χ2v) is 8.90. The molecular formula is C19H33NO2. The fourth-order valence-electron chi connectivity index (χ4n) is 6.42. The van der Waals surface area contributed by atoms with Gasteiger partial charge in [-0.1, -0.05) is 0 Å². The maximum atomic E-state index is 10.1. The summed E-state index contributed by atoms with van der Waals surface area (Å²) in [6.07, 6.45) is 12.5. The van der Waals surface area contributed by atoms with Gasteiger partial charge in [0, 0.05) is 13.2 Å². The summed E-state index contributed by atoms with van der Waals surface area (Å²) in [7, 11) is 0. The van der Waals surface area contributed by atoms with Crippen LogP contribution in [0.1, 0.15) is 57.8 Å². The number of hydrogen-bond acceptors (Lipinski definition) is 3. The average molecular weight is 307 g/mol. The van der Waals surface area contributed by atoms with E-state index in [1.54, 1.807) is 0 Å². The normalized spacial score (nSPS) is 42.1. The van der Waals surface area contributed by atoms with E-state index in [9.17, 15) is 5.11 Å². The van der Waals surface area contributed by atoms with Gasteiger partial charge in [0.25, 0.3) is 0 Å². The van der Waals surface area contributed by atoms with Gasteiger partial charge in [0.2, 0.25) is 0 Å². The van der Waals surface area contributed by atoms with Gasteiger partial charge >= 0.3 is 0 Å². The van der Waals surface area contributed by atoms with Crippen LogP contribution in [0.15, 0.2) is 0 Å². The molecule has 0 aromatic heterocycles. The summed E-state index contributed by atoms with van der Waals surface area (Å²) in [4.78, 5) is 2.37. The average Bonchev–Trinajstić information content (AvgIpc) is 2.95. The van der Waals surface area contributed by atoms with Crippen LogP contribution in [0, 0.1) is 23.2 Å². The fraction of sp³-hybridized carbons (Fsp3) is 1.00. The molecule has 4 aliphatic carbocycles. The molecule has 5 rings (SSSR count). The van der Waals surface area contributed by atoms with E-state index < -0.39 is 0 Å². The van der Waals surface area contributed by atoms with Crippen LogP contribution in [0.2, 0.25) is 0 Å². The quantitative estimate of drug-likeness (QED) is 0.734. The van der Waals surface area contributed by atoms with Crippen LogP contribution >= 0.6 is 0 Å². The number of rotatable bonds is 7. The summed E-state index contributed by atoms with van der Waals surface area (Å²) < 4.78 is 5.87. The minimum atomic E-state index is -0.297. The Bertz CT molecular complexity index is 342. The molecule has 1 saturated heterocycles. The number of hydrogen-bond donors (Lipinski definition) is 1. The third kappa shape index (κ3) is 3.37. The Morgan fingerprint density at radius 2 is 1.59 bits per heavy atom. The Labute approximate surface area is 135 Å². The van der Waals surface area contributed by atoms with Crippen molar-refractivity contribution in [1.29, 1.82) is 0 Å². The highest BCUT2D eigenvalue weighted by Crippen LogP contribution is 2.61. The SMILES string of the molecule is O[C@@H](COCCC12CC3CC(CC(C3)C1)C2)CN1CCCC1. The Hall–Kier alpha value is -0.120. The van der Waals surface area contributed by atoms with Gasteiger partial charge in [-0.3, -0.25) is 0 Å². The molecule has 1 heterocycles. The summed E-state index contributed by atoms with van der Waals surface area (Å²) in [6, 6.07) is 0. The molecule has 126 valence electrons. The number of β-amino-alcohol motifs (C(OH)–C–C–N with tert-alkyl or cyclic N) is 1. The van der Waals surface area contributed by atoms with Crippen LogP contribution in [-0.4, -0.2) is 49.0 Å². The molecule has 4 saturated carbocycles. The largest absolute Gasteiger partial charge is 0.389 e. The van der Waals surface area contributed by atoms with E-state index in [0.717, 1.165) is 44.0 Å². The summed E-state index contributed by atoms with van der Waals surface area (Å²) in [5.74, 6) is 3.10. The Balaban J connectivity index is 1.17. The van der Waals surface area contributed by atoms with Crippen molar-refractivity contribution in [3.05, 3.63) is 0 Å². The first-order valence-electron chi connectivity index (χ1n) is 9.69. The molecule has 5 aliphatic rings. The molecule has 1 atom stereocenters. The van der Waals surface area contributed by atoms with Crippen molar-refractivity contribution in [3.8, 4) is 0 Å². The molecule has 0 unspecified atom stereocenters. The van der Waals surface area contributed by atoms with Crippen LogP contribution in [-0.2, 0) is 4.74 Å². The van der Waals surface area contributed by atoms with Gasteiger partial charge in [0.15, 0.2) is 0 Å². The molecule has 0 aromatic carbocycles. The summed E-state index contributed by atoms with van der Waals surface area (Å²) in [5, 5.41) is 10.1. The van der Waals surface area contributed by atoms with E-state index in [0.29, 0.717) is 12.0 Å². The molecule has 0 radical (unpaired) electrons. The number of likely N-dealkylation sites (tertiary alicyclic amines) is 1. The maximum absolute atomic E-state index is 10.1. The van der Waals surface area contributed by atoms with Crippen LogP contribution in [0.4, 0.5) is 0 Å². The molecule has 3 heteroatoms. The molecule has 3 nitrogen and oxygen atoms in total. The van der Waals surface area contributed by atoms with E-state index in [1.165, 1.54) is 57.8 Å². The Morgan fingerprint density at radius 1 is 1.00 bits per heavy atom. The second-order valence-electron chi connectivity index (χ2n) is 8.90. The van der Waals surface area contributed by atoms with Crippen molar-refractivity contribution in [1.82, 2.24) is 4.90 Å². The lowest BCUT2D eigenvalue weighted by atomic mass is 9.49. The Kier molecular flexibility index (Phi) is 4.49. The molecule has 0 aromatic rings. The predicted molar refractivity (Wildman–Crippen MR) is 87.7 cm³/mol. The van der Waals surface area contributed by atoms with E-state index in [1.807, 2.05) is 0 Å². The lowest BCUT2D eigenvalue weighted by Crippen LogP contribution is -2.46. The Morgan fingerprint density at radius 3 is 2.18 bits per heavy atom. The monoisotopic (exact) mass is 307 g/mol. The van der Waals surface area contributed by atoms with Crippen LogP contribution < -0.4 is 0 Å². The number of aliphatic hydroxyl groups is 1. The molecule has 1 N–H and O–H groups in total. The van der Waals surface area contributed by atoms with Crippen LogP contribution in [0.25, 0.3) is 0 Å². The van der Waals surface area contributed by atoms with Crippen molar-refractivity contribution in [2.45, 2.75) is 63.9 Å². The highest BCUT2D eigenvalue weighted by atomic mass is 16.5. The molecule has 4 bridgehead atoms. The van der Waals surface area contributed by atoms with Crippen molar-refractivity contribution >= 4 is 0 Å². The molecule has 22 heavy (non-hydrogen) atoms. The van der Waals surface area contributed by atoms with Gasteiger partial charge in [-0.15, -0.1) is 0 Å². The number of nitrogens with zero attached hydrogens (tertiary/aromatic N) is 1. The first kappa shape index (κ1) is 15.4. The molecular weight excluding hydrogens is 274 g/mol. The lowest BCUT2D eigenvalue weighted by molar-refractivity contribution is -0.0739. The first-order chi connectivity index (χ1) is 10.7. The second kappa shape index (κ2) is 6.41. The standard InChI is InChI=1S/C19H33NO2/c21-18(13-20-4-1-2-5-20)14-22-6-3-19-10-15-7-16(11-19)9-17(8-15)12-19/h15-18,21H,1-14H2/t15?,16?,17?,18-,19?/m1/s1. The predicted octanol–water partition coefficient (Wildman–Crippen LogP) is 3.07. The summed E-state index contributed by atoms with van der Waals surface area (Å²) >= 11 is 0. The minimum Gasteiger partial charge on any atom is -0.389 e. The van der Waals surface area contributed by atoms with E-state index in [2.05, 4.69) is 4.90 Å². The molecule has 0 amide bonds. The third-order valence-electron chi connectivity index (χ3n) is 6.92. The van der Waals surface area contributed by atoms with Crippen molar-refractivity contribution in [2.75, 3.05) is 32.8 Å². The topological polar surface area (TPSA) is 32.7 Å². The van der Waals surface area contributed by atoms with Gasteiger partial charge in [0.05, 0.1) is 12.7 Å². The molecule has 0 spiro atoms. The van der Waals surface area contributed by atoms with E-state index in [4.69, 9.17) is 4.74 Å².